The van der Waals surface area contributed by atoms with Crippen molar-refractivity contribution >= 4 is 17.9 Å². The van der Waals surface area contributed by atoms with Gasteiger partial charge in [0.2, 0.25) is 0 Å². The van der Waals surface area contributed by atoms with Gasteiger partial charge in [-0.3, -0.25) is 14.4 Å². The Labute approximate surface area is 393 Å². The van der Waals surface area contributed by atoms with Gasteiger partial charge >= 0.3 is 17.9 Å². The van der Waals surface area contributed by atoms with Crippen LogP contribution in [0.1, 0.15) is 317 Å². The minimum absolute atomic E-state index is 0.0629. The molecule has 0 amide bonds. The van der Waals surface area contributed by atoms with Crippen molar-refractivity contribution in [2.45, 2.75) is 323 Å². The summed E-state index contributed by atoms with van der Waals surface area (Å²) in [7, 11) is 0. The number of rotatable bonds is 51. The highest BCUT2D eigenvalue weighted by molar-refractivity contribution is 5.71. The van der Waals surface area contributed by atoms with E-state index in [1.54, 1.807) is 0 Å². The van der Waals surface area contributed by atoms with Crippen molar-refractivity contribution in [3.63, 3.8) is 0 Å². The fourth-order valence-corrected chi connectivity index (χ4v) is 8.66. The molecule has 0 N–H and O–H groups in total. The first kappa shape index (κ1) is 61.4. The fourth-order valence-electron chi connectivity index (χ4n) is 8.66. The molecule has 0 saturated heterocycles. The molecule has 374 valence electrons. The van der Waals surface area contributed by atoms with Gasteiger partial charge in [-0.2, -0.15) is 0 Å². The van der Waals surface area contributed by atoms with E-state index in [0.29, 0.717) is 19.3 Å². The van der Waals surface area contributed by atoms with Crippen LogP contribution in [0, 0.1) is 11.8 Å². The quantitative estimate of drug-likeness (QED) is 0.0344. The van der Waals surface area contributed by atoms with Crippen LogP contribution in [0.4, 0.5) is 0 Å². The van der Waals surface area contributed by atoms with E-state index in [1.807, 2.05) is 0 Å². The Balaban J connectivity index is 4.22. The lowest BCUT2D eigenvalue weighted by Crippen LogP contribution is -2.30. The van der Waals surface area contributed by atoms with E-state index in [2.05, 4.69) is 34.6 Å². The summed E-state index contributed by atoms with van der Waals surface area (Å²) in [5, 5.41) is 0. The molecule has 63 heavy (non-hydrogen) atoms. The molecule has 0 aromatic rings. The van der Waals surface area contributed by atoms with Crippen molar-refractivity contribution in [1.82, 2.24) is 0 Å². The summed E-state index contributed by atoms with van der Waals surface area (Å²) in [6.07, 6.45) is 52.3. The predicted molar refractivity (Wildman–Crippen MR) is 270 cm³/mol. The van der Waals surface area contributed by atoms with E-state index < -0.39 is 6.10 Å². The van der Waals surface area contributed by atoms with Gasteiger partial charge in [-0.1, -0.05) is 279 Å². The Hall–Kier alpha value is -1.59. The zero-order chi connectivity index (χ0) is 46.1. The Bertz CT molecular complexity index is 964. The van der Waals surface area contributed by atoms with E-state index in [9.17, 15) is 14.4 Å². The van der Waals surface area contributed by atoms with Crippen molar-refractivity contribution in [3.8, 4) is 0 Å². The summed E-state index contributed by atoms with van der Waals surface area (Å²) in [4.78, 5) is 38.0. The molecule has 0 heterocycles. The topological polar surface area (TPSA) is 78.9 Å². The van der Waals surface area contributed by atoms with Crippen molar-refractivity contribution in [1.29, 1.82) is 0 Å². The third kappa shape index (κ3) is 49.7. The Morgan fingerprint density at radius 1 is 0.333 bits per heavy atom. The van der Waals surface area contributed by atoms with Crippen molar-refractivity contribution in [2.75, 3.05) is 13.2 Å². The molecule has 0 bridgehead atoms. The van der Waals surface area contributed by atoms with Crippen LogP contribution in [0.3, 0.4) is 0 Å². The van der Waals surface area contributed by atoms with Gasteiger partial charge in [-0.05, 0) is 31.1 Å². The summed E-state index contributed by atoms with van der Waals surface area (Å²) in [5.41, 5.74) is 0. The first-order chi connectivity index (χ1) is 30.8. The van der Waals surface area contributed by atoms with E-state index in [4.69, 9.17) is 14.2 Å². The molecule has 0 radical (unpaired) electrons. The standard InChI is InChI=1S/C57H110O6/c1-6-8-9-10-11-25-32-37-42-47-55(58)61-50-54(63-57(60)49-44-39-34-29-24-20-16-15-18-22-27-31-36-41-46-53(5)7-2)51-62-56(59)48-43-38-33-28-23-19-14-12-13-17-21-26-30-35-40-45-52(3)4/h52-54H,6-51H2,1-5H3/t53?,54-/m1/s1. The normalized spacial score (nSPS) is 12.5. The summed E-state index contributed by atoms with van der Waals surface area (Å²) in [6.45, 7) is 11.4. The number of unbranched alkanes of at least 4 members (excludes halogenated alkanes) is 35. The molecule has 0 aliphatic heterocycles. The SMILES string of the molecule is CCCCCCCCCCCC(=O)OC[C@H](COC(=O)CCCCCCCCCCCCCCCCCC(C)C)OC(=O)CCCCCCCCCCCCCCCCC(C)CC. The number of ether oxygens (including phenoxy) is 3. The van der Waals surface area contributed by atoms with Gasteiger partial charge in [0.1, 0.15) is 13.2 Å². The van der Waals surface area contributed by atoms with Crippen LogP contribution < -0.4 is 0 Å². The second-order valence-corrected chi connectivity index (χ2v) is 20.3. The van der Waals surface area contributed by atoms with E-state index in [1.165, 1.54) is 205 Å². The highest BCUT2D eigenvalue weighted by Crippen LogP contribution is 2.18. The molecule has 0 fully saturated rings. The van der Waals surface area contributed by atoms with Crippen LogP contribution in [0.5, 0.6) is 0 Å². The van der Waals surface area contributed by atoms with Gasteiger partial charge in [0.05, 0.1) is 0 Å². The summed E-state index contributed by atoms with van der Waals surface area (Å²) >= 11 is 0. The molecule has 6 nitrogen and oxygen atoms in total. The first-order valence-electron chi connectivity index (χ1n) is 28.3. The maximum absolute atomic E-state index is 12.8. The van der Waals surface area contributed by atoms with Crippen molar-refractivity contribution in [2.24, 2.45) is 11.8 Å². The summed E-state index contributed by atoms with van der Waals surface area (Å²) < 4.78 is 16.8. The molecule has 6 heteroatoms. The monoisotopic (exact) mass is 891 g/mol. The first-order valence-corrected chi connectivity index (χ1v) is 28.3. The van der Waals surface area contributed by atoms with Crippen LogP contribution in [-0.2, 0) is 28.6 Å². The van der Waals surface area contributed by atoms with E-state index in [-0.39, 0.29) is 31.1 Å². The Morgan fingerprint density at radius 3 is 0.905 bits per heavy atom. The fraction of sp³-hybridized carbons (Fsp3) is 0.947. The lowest BCUT2D eigenvalue weighted by molar-refractivity contribution is -0.167. The zero-order valence-corrected chi connectivity index (χ0v) is 43.2. The van der Waals surface area contributed by atoms with Gasteiger partial charge < -0.3 is 14.2 Å². The molecule has 1 unspecified atom stereocenters. The number of carbonyl (C=O) groups is 3. The average Bonchev–Trinajstić information content (AvgIpc) is 3.27. The van der Waals surface area contributed by atoms with Crippen LogP contribution in [0.15, 0.2) is 0 Å². The average molecular weight is 892 g/mol. The minimum atomic E-state index is -0.761. The zero-order valence-electron chi connectivity index (χ0n) is 43.2. The predicted octanol–water partition coefficient (Wildman–Crippen LogP) is 18.5. The Kier molecular flexibility index (Phi) is 48.6. The lowest BCUT2D eigenvalue weighted by Gasteiger charge is -2.18. The molecular formula is C57H110O6. The lowest BCUT2D eigenvalue weighted by atomic mass is 9.99. The van der Waals surface area contributed by atoms with Gasteiger partial charge in [-0.25, -0.2) is 0 Å². The maximum Gasteiger partial charge on any atom is 0.306 e. The number of hydrogen-bond donors (Lipinski definition) is 0. The summed E-state index contributed by atoms with van der Waals surface area (Å²) in [5.74, 6) is 0.900. The molecule has 0 aliphatic carbocycles. The van der Waals surface area contributed by atoms with Crippen LogP contribution in [0.2, 0.25) is 0 Å². The number of esters is 3. The molecule has 0 spiro atoms. The second kappa shape index (κ2) is 49.8. The van der Waals surface area contributed by atoms with Crippen LogP contribution in [-0.4, -0.2) is 37.2 Å². The highest BCUT2D eigenvalue weighted by atomic mass is 16.6. The molecule has 0 rings (SSSR count). The van der Waals surface area contributed by atoms with Crippen LogP contribution in [0.25, 0.3) is 0 Å². The van der Waals surface area contributed by atoms with Crippen LogP contribution >= 0.6 is 0 Å². The molecule has 0 aliphatic rings. The third-order valence-electron chi connectivity index (χ3n) is 13.3. The smallest absolute Gasteiger partial charge is 0.306 e. The Morgan fingerprint density at radius 2 is 0.603 bits per heavy atom. The number of carbonyl (C=O) groups excluding carboxylic acids is 3. The largest absolute Gasteiger partial charge is 0.462 e. The number of hydrogen-bond acceptors (Lipinski definition) is 6. The van der Waals surface area contributed by atoms with Crippen molar-refractivity contribution in [3.05, 3.63) is 0 Å². The van der Waals surface area contributed by atoms with Gasteiger partial charge in [0.25, 0.3) is 0 Å². The second-order valence-electron chi connectivity index (χ2n) is 20.3. The molecular weight excluding hydrogens is 781 g/mol. The molecule has 0 aromatic heterocycles. The highest BCUT2D eigenvalue weighted by Gasteiger charge is 2.19. The molecule has 0 aromatic carbocycles. The van der Waals surface area contributed by atoms with Gasteiger partial charge in [0.15, 0.2) is 6.10 Å². The molecule has 2 atom stereocenters. The minimum Gasteiger partial charge on any atom is -0.462 e. The van der Waals surface area contributed by atoms with Gasteiger partial charge in [0, 0.05) is 19.3 Å². The van der Waals surface area contributed by atoms with E-state index in [0.717, 1.165) is 69.6 Å². The van der Waals surface area contributed by atoms with E-state index >= 15 is 0 Å². The third-order valence-corrected chi connectivity index (χ3v) is 13.3. The maximum atomic E-state index is 12.8. The van der Waals surface area contributed by atoms with Crippen molar-refractivity contribution < 1.29 is 28.6 Å². The molecule has 0 saturated carbocycles. The summed E-state index contributed by atoms with van der Waals surface area (Å²) in [6, 6.07) is 0. The van der Waals surface area contributed by atoms with Gasteiger partial charge in [-0.15, -0.1) is 0 Å².